The van der Waals surface area contributed by atoms with Crippen molar-refractivity contribution >= 4 is 16.5 Å². The van der Waals surface area contributed by atoms with Gasteiger partial charge in [0.2, 0.25) is 0 Å². The van der Waals surface area contributed by atoms with Crippen molar-refractivity contribution in [1.29, 1.82) is 0 Å². The number of anilines is 1. The molecule has 0 aromatic carbocycles. The molecular weight excluding hydrogens is 282 g/mol. The first-order chi connectivity index (χ1) is 9.98. The highest BCUT2D eigenvalue weighted by atomic mass is 32.1. The predicted octanol–water partition coefficient (Wildman–Crippen LogP) is 3.61. The van der Waals surface area contributed by atoms with Crippen molar-refractivity contribution in [3.05, 3.63) is 34.7 Å². The van der Waals surface area contributed by atoms with E-state index >= 15 is 0 Å². The van der Waals surface area contributed by atoms with Crippen LogP contribution in [0.15, 0.2) is 22.8 Å². The van der Waals surface area contributed by atoms with Crippen molar-refractivity contribution in [1.82, 2.24) is 10.3 Å². The summed E-state index contributed by atoms with van der Waals surface area (Å²) in [6.07, 6.45) is 3.95. The van der Waals surface area contributed by atoms with E-state index in [0.29, 0.717) is 11.5 Å². The van der Waals surface area contributed by atoms with Crippen molar-refractivity contribution in [2.24, 2.45) is 5.41 Å². The molecule has 3 rings (SSSR count). The Hall–Kier alpha value is -1.33. The molecule has 2 aromatic heterocycles. The number of nitrogens with one attached hydrogen (secondary N) is 1. The summed E-state index contributed by atoms with van der Waals surface area (Å²) in [5.74, 6) is 0.969. The Morgan fingerprint density at radius 2 is 2.33 bits per heavy atom. The number of aromatic nitrogens is 1. The summed E-state index contributed by atoms with van der Waals surface area (Å²) in [6.45, 7) is 5.41. The Balaban J connectivity index is 1.84. The molecule has 114 valence electrons. The summed E-state index contributed by atoms with van der Waals surface area (Å²) in [5.41, 5.74) is 1.57. The van der Waals surface area contributed by atoms with Crippen LogP contribution in [-0.2, 0) is 13.0 Å². The lowest BCUT2D eigenvalue weighted by atomic mass is 9.76. The second kappa shape index (κ2) is 5.46. The average molecular weight is 305 g/mol. The van der Waals surface area contributed by atoms with E-state index in [1.165, 1.54) is 17.0 Å². The number of hydrogen-bond acceptors (Lipinski definition) is 5. The van der Waals surface area contributed by atoms with E-state index in [-0.39, 0.29) is 0 Å². The lowest BCUT2D eigenvalue weighted by Gasteiger charge is -2.34. The minimum absolute atomic E-state index is 0.311. The fourth-order valence-electron chi connectivity index (χ4n) is 3.02. The van der Waals surface area contributed by atoms with Gasteiger partial charge in [0.05, 0.1) is 18.5 Å². The largest absolute Gasteiger partial charge is 0.467 e. The van der Waals surface area contributed by atoms with Crippen LogP contribution < -0.4 is 10.2 Å². The number of hydrogen-bond donors (Lipinski definition) is 1. The molecule has 2 heterocycles. The molecule has 0 saturated heterocycles. The van der Waals surface area contributed by atoms with E-state index < -0.39 is 0 Å². The lowest BCUT2D eigenvalue weighted by Crippen LogP contribution is -2.30. The maximum Gasteiger partial charge on any atom is 0.185 e. The van der Waals surface area contributed by atoms with E-state index in [0.717, 1.165) is 23.9 Å². The summed E-state index contributed by atoms with van der Waals surface area (Å²) in [5, 5.41) is 4.53. The average Bonchev–Trinajstić information content (AvgIpc) is 3.05. The number of furan rings is 1. The Kier molecular flexibility index (Phi) is 3.80. The lowest BCUT2D eigenvalue weighted by molar-refractivity contribution is 0.265. The van der Waals surface area contributed by atoms with Gasteiger partial charge in [-0.3, -0.25) is 0 Å². The first-order valence-electron chi connectivity index (χ1n) is 7.39. The number of rotatable bonds is 4. The SMILES string of the molecule is CNC1CC(C)(C)Cc2nc(N(C)Cc3ccco3)sc21. The van der Waals surface area contributed by atoms with Gasteiger partial charge in [0, 0.05) is 18.0 Å². The highest BCUT2D eigenvalue weighted by Gasteiger charge is 2.34. The van der Waals surface area contributed by atoms with Crippen LogP contribution >= 0.6 is 11.3 Å². The van der Waals surface area contributed by atoms with Gasteiger partial charge in [-0.15, -0.1) is 0 Å². The molecule has 1 unspecified atom stereocenters. The summed E-state index contributed by atoms with van der Waals surface area (Å²) >= 11 is 1.81. The molecule has 0 amide bonds. The molecule has 4 nitrogen and oxygen atoms in total. The van der Waals surface area contributed by atoms with Crippen molar-refractivity contribution < 1.29 is 4.42 Å². The third kappa shape index (κ3) is 2.99. The summed E-state index contributed by atoms with van der Waals surface area (Å²) in [6, 6.07) is 4.35. The van der Waals surface area contributed by atoms with Gasteiger partial charge in [-0.2, -0.15) is 0 Å². The molecule has 1 aliphatic rings. The summed E-state index contributed by atoms with van der Waals surface area (Å²) < 4.78 is 5.43. The topological polar surface area (TPSA) is 41.3 Å². The smallest absolute Gasteiger partial charge is 0.185 e. The van der Waals surface area contributed by atoms with Gasteiger partial charge in [-0.1, -0.05) is 25.2 Å². The molecule has 0 spiro atoms. The zero-order valence-corrected chi connectivity index (χ0v) is 14.0. The van der Waals surface area contributed by atoms with Gasteiger partial charge in [0.15, 0.2) is 5.13 Å². The number of fused-ring (bicyclic) bond motifs is 1. The molecule has 1 atom stereocenters. The molecule has 0 fully saturated rings. The van der Waals surface area contributed by atoms with E-state index in [1.807, 2.05) is 30.5 Å². The molecule has 21 heavy (non-hydrogen) atoms. The monoisotopic (exact) mass is 305 g/mol. The van der Waals surface area contributed by atoms with Gasteiger partial charge < -0.3 is 14.6 Å². The zero-order valence-electron chi connectivity index (χ0n) is 13.1. The van der Waals surface area contributed by atoms with E-state index in [9.17, 15) is 0 Å². The first kappa shape index (κ1) is 14.6. The minimum atomic E-state index is 0.311. The van der Waals surface area contributed by atoms with Crippen molar-refractivity contribution in [2.75, 3.05) is 19.0 Å². The highest BCUT2D eigenvalue weighted by Crippen LogP contribution is 2.44. The molecule has 5 heteroatoms. The maximum absolute atomic E-state index is 5.43. The molecule has 0 aliphatic heterocycles. The van der Waals surface area contributed by atoms with Crippen LogP contribution in [0.2, 0.25) is 0 Å². The fraction of sp³-hybridized carbons (Fsp3) is 0.562. The molecule has 1 aliphatic carbocycles. The van der Waals surface area contributed by atoms with Gasteiger partial charge in [0.1, 0.15) is 5.76 Å². The second-order valence-electron chi connectivity index (χ2n) is 6.63. The van der Waals surface area contributed by atoms with Gasteiger partial charge in [-0.05, 0) is 37.4 Å². The standard InChI is InChI=1S/C16H23N3OS/c1-16(2)8-12(17-3)14-13(9-16)18-15(21-14)19(4)10-11-6-5-7-20-11/h5-7,12,17H,8-10H2,1-4H3. The third-order valence-electron chi connectivity index (χ3n) is 4.08. The Labute approximate surface area is 130 Å². The normalized spacial score (nSPS) is 20.3. The maximum atomic E-state index is 5.43. The van der Waals surface area contributed by atoms with Crippen LogP contribution in [0.4, 0.5) is 5.13 Å². The van der Waals surface area contributed by atoms with Crippen molar-refractivity contribution in [3.8, 4) is 0 Å². The fourth-order valence-corrected chi connectivity index (χ4v) is 4.17. The van der Waals surface area contributed by atoms with E-state index in [1.54, 1.807) is 6.26 Å². The minimum Gasteiger partial charge on any atom is -0.467 e. The number of nitrogens with zero attached hydrogens (tertiary/aromatic N) is 2. The predicted molar refractivity (Wildman–Crippen MR) is 86.8 cm³/mol. The Bertz CT molecular complexity index is 603. The zero-order chi connectivity index (χ0) is 15.0. The summed E-state index contributed by atoms with van der Waals surface area (Å²) in [7, 11) is 4.12. The number of thiazole rings is 1. The summed E-state index contributed by atoms with van der Waals surface area (Å²) in [4.78, 5) is 8.46. The molecule has 0 saturated carbocycles. The van der Waals surface area contributed by atoms with Crippen LogP contribution in [0.1, 0.15) is 42.6 Å². The van der Waals surface area contributed by atoms with Gasteiger partial charge in [0.25, 0.3) is 0 Å². The first-order valence-corrected chi connectivity index (χ1v) is 8.20. The van der Waals surface area contributed by atoms with E-state index in [4.69, 9.17) is 9.40 Å². The van der Waals surface area contributed by atoms with Gasteiger partial charge in [-0.25, -0.2) is 4.98 Å². The Morgan fingerprint density at radius 1 is 1.52 bits per heavy atom. The highest BCUT2D eigenvalue weighted by molar-refractivity contribution is 7.15. The molecule has 0 radical (unpaired) electrons. The van der Waals surface area contributed by atoms with Gasteiger partial charge >= 0.3 is 0 Å². The van der Waals surface area contributed by atoms with Crippen LogP contribution in [0.5, 0.6) is 0 Å². The Morgan fingerprint density at radius 3 is 3.00 bits per heavy atom. The molecular formula is C16H23N3OS. The quantitative estimate of drug-likeness (QED) is 0.937. The van der Waals surface area contributed by atoms with Crippen LogP contribution in [0, 0.1) is 5.41 Å². The third-order valence-corrected chi connectivity index (χ3v) is 5.41. The molecule has 2 aromatic rings. The van der Waals surface area contributed by atoms with Crippen LogP contribution in [-0.4, -0.2) is 19.1 Å². The molecule has 1 N–H and O–H groups in total. The van der Waals surface area contributed by atoms with Crippen LogP contribution in [0.3, 0.4) is 0 Å². The van der Waals surface area contributed by atoms with Crippen LogP contribution in [0.25, 0.3) is 0 Å². The second-order valence-corrected chi connectivity index (χ2v) is 7.64. The van der Waals surface area contributed by atoms with Crippen molar-refractivity contribution in [2.45, 2.75) is 39.3 Å². The molecule has 0 bridgehead atoms. The van der Waals surface area contributed by atoms with E-state index in [2.05, 4.69) is 31.1 Å². The van der Waals surface area contributed by atoms with Crippen molar-refractivity contribution in [3.63, 3.8) is 0 Å².